The maximum atomic E-state index is 12.2. The first-order valence-corrected chi connectivity index (χ1v) is 7.44. The van der Waals surface area contributed by atoms with Crippen LogP contribution in [0.5, 0.6) is 0 Å². The van der Waals surface area contributed by atoms with E-state index in [0.717, 1.165) is 11.1 Å². The third-order valence-electron chi connectivity index (χ3n) is 4.08. The third-order valence-corrected chi connectivity index (χ3v) is 4.08. The van der Waals surface area contributed by atoms with E-state index in [1.54, 1.807) is 0 Å². The Morgan fingerprint density at radius 3 is 2.45 bits per heavy atom. The fourth-order valence-electron chi connectivity index (χ4n) is 2.98. The lowest BCUT2D eigenvalue weighted by Gasteiger charge is -2.20. The molecule has 0 spiro atoms. The van der Waals surface area contributed by atoms with Crippen LogP contribution in [0.4, 0.5) is 0 Å². The zero-order chi connectivity index (χ0) is 14.9. The van der Waals surface area contributed by atoms with Crippen LogP contribution in [0.2, 0.25) is 0 Å². The largest absolute Gasteiger partial charge is 0.469 e. The summed E-state index contributed by atoms with van der Waals surface area (Å²) in [6.07, 6.45) is 0.0338. The zero-order valence-electron chi connectivity index (χ0n) is 12.1. The fraction of sp³-hybridized carbons (Fsp3) is 0.222. The van der Waals surface area contributed by atoms with Crippen LogP contribution in [-0.4, -0.2) is 29.0 Å². The molecule has 4 heteroatoms. The highest BCUT2D eigenvalue weighted by Gasteiger charge is 2.45. The number of fused-ring (bicyclic) bond motifs is 1. The molecule has 2 aromatic carbocycles. The first-order valence-electron chi connectivity index (χ1n) is 7.44. The van der Waals surface area contributed by atoms with Gasteiger partial charge in [-0.2, -0.15) is 0 Å². The normalized spacial score (nSPS) is 23.2. The highest BCUT2D eigenvalue weighted by molar-refractivity contribution is 5.96. The van der Waals surface area contributed by atoms with Crippen molar-refractivity contribution in [1.29, 1.82) is 0 Å². The first-order chi connectivity index (χ1) is 10.8. The quantitative estimate of drug-likeness (QED) is 0.872. The molecular formula is C18H16N2O2. The summed E-state index contributed by atoms with van der Waals surface area (Å²) in [5.74, 6) is 0.746. The Kier molecular flexibility index (Phi) is 3.15. The van der Waals surface area contributed by atoms with E-state index in [1.807, 2.05) is 65.6 Å². The lowest BCUT2D eigenvalue weighted by Crippen LogP contribution is -2.33. The van der Waals surface area contributed by atoms with E-state index in [4.69, 9.17) is 4.74 Å². The molecular weight excluding hydrogens is 276 g/mol. The molecule has 1 amide bonds. The summed E-state index contributed by atoms with van der Waals surface area (Å²) in [4.78, 5) is 18.7. The van der Waals surface area contributed by atoms with Gasteiger partial charge in [0.05, 0.1) is 6.42 Å². The molecule has 0 N–H and O–H groups in total. The van der Waals surface area contributed by atoms with E-state index >= 15 is 0 Å². The summed E-state index contributed by atoms with van der Waals surface area (Å²) in [6, 6.07) is 19.8. The number of hydrogen-bond donors (Lipinski definition) is 0. The lowest BCUT2D eigenvalue weighted by atomic mass is 10.2. The van der Waals surface area contributed by atoms with E-state index in [9.17, 15) is 4.79 Å². The van der Waals surface area contributed by atoms with E-state index in [2.05, 4.69) is 4.99 Å². The summed E-state index contributed by atoms with van der Waals surface area (Å²) in [6.45, 7) is 0.579. The van der Waals surface area contributed by atoms with Gasteiger partial charge in [0.2, 0.25) is 11.8 Å². The molecule has 2 aromatic rings. The van der Waals surface area contributed by atoms with Crippen molar-refractivity contribution in [2.75, 3.05) is 0 Å². The van der Waals surface area contributed by atoms with Crippen LogP contribution in [0.3, 0.4) is 0 Å². The standard InChI is InChI=1S/C18H16N2O2/c21-16-11-15-17(20(16)12-13-7-3-1-4-8-13)19-18(22-15)14-9-5-2-6-10-14/h1-10,15,17H,11-12H2/t15-,17+/m0/s1. The first kappa shape index (κ1) is 13.1. The summed E-state index contributed by atoms with van der Waals surface area (Å²) in [5, 5.41) is 0. The van der Waals surface area contributed by atoms with E-state index in [0.29, 0.717) is 18.9 Å². The second-order valence-corrected chi connectivity index (χ2v) is 5.58. The van der Waals surface area contributed by atoms with Gasteiger partial charge >= 0.3 is 0 Å². The smallest absolute Gasteiger partial charge is 0.228 e. The Hall–Kier alpha value is -2.62. The topological polar surface area (TPSA) is 41.9 Å². The third kappa shape index (κ3) is 2.26. The molecule has 0 radical (unpaired) electrons. The molecule has 1 saturated heterocycles. The van der Waals surface area contributed by atoms with Crippen molar-refractivity contribution in [3.05, 3.63) is 71.8 Å². The Bertz CT molecular complexity index is 712. The Balaban J connectivity index is 1.59. The van der Waals surface area contributed by atoms with Gasteiger partial charge in [-0.1, -0.05) is 48.5 Å². The number of likely N-dealkylation sites (tertiary alicyclic amines) is 1. The van der Waals surface area contributed by atoms with Crippen molar-refractivity contribution < 1.29 is 9.53 Å². The molecule has 22 heavy (non-hydrogen) atoms. The SMILES string of the molecule is O=C1C[C@@H]2OC(c3ccccc3)=N[C@@H]2N1Cc1ccccc1. The molecule has 0 unspecified atom stereocenters. The highest BCUT2D eigenvalue weighted by atomic mass is 16.5. The van der Waals surface area contributed by atoms with Gasteiger partial charge < -0.3 is 9.64 Å². The van der Waals surface area contributed by atoms with Gasteiger partial charge in [-0.3, -0.25) is 4.79 Å². The van der Waals surface area contributed by atoms with Crippen molar-refractivity contribution in [1.82, 2.24) is 4.90 Å². The van der Waals surface area contributed by atoms with Crippen LogP contribution in [-0.2, 0) is 16.1 Å². The summed E-state index contributed by atoms with van der Waals surface area (Å²) < 4.78 is 5.90. The van der Waals surface area contributed by atoms with Gasteiger partial charge in [-0.05, 0) is 17.7 Å². The van der Waals surface area contributed by atoms with Gasteiger partial charge in [0.15, 0.2) is 6.17 Å². The van der Waals surface area contributed by atoms with E-state index in [1.165, 1.54) is 0 Å². The highest BCUT2D eigenvalue weighted by Crippen LogP contribution is 2.31. The van der Waals surface area contributed by atoms with Gasteiger partial charge in [0.25, 0.3) is 0 Å². The Morgan fingerprint density at radius 2 is 1.73 bits per heavy atom. The molecule has 2 aliphatic rings. The molecule has 2 aliphatic heterocycles. The fourth-order valence-corrected chi connectivity index (χ4v) is 2.98. The Morgan fingerprint density at radius 1 is 1.05 bits per heavy atom. The minimum absolute atomic E-state index is 0.106. The predicted octanol–water partition coefficient (Wildman–Crippen LogP) is 2.59. The number of nitrogens with zero attached hydrogens (tertiary/aromatic N) is 2. The molecule has 0 saturated carbocycles. The average Bonchev–Trinajstić information content (AvgIpc) is 3.09. The summed E-state index contributed by atoms with van der Waals surface area (Å²) in [5.41, 5.74) is 2.07. The number of amides is 1. The predicted molar refractivity (Wildman–Crippen MR) is 83.2 cm³/mol. The molecule has 110 valence electrons. The second kappa shape index (κ2) is 5.30. The number of aliphatic imine (C=N–C) groups is 1. The number of hydrogen-bond acceptors (Lipinski definition) is 3. The van der Waals surface area contributed by atoms with Crippen LogP contribution in [0.1, 0.15) is 17.5 Å². The number of rotatable bonds is 3. The monoisotopic (exact) mass is 292 g/mol. The molecule has 4 rings (SSSR count). The second-order valence-electron chi connectivity index (χ2n) is 5.58. The van der Waals surface area contributed by atoms with Crippen LogP contribution >= 0.6 is 0 Å². The van der Waals surface area contributed by atoms with Gasteiger partial charge in [-0.25, -0.2) is 4.99 Å². The maximum Gasteiger partial charge on any atom is 0.228 e. The molecule has 0 aromatic heterocycles. The van der Waals surface area contributed by atoms with Crippen molar-refractivity contribution >= 4 is 11.8 Å². The zero-order valence-corrected chi connectivity index (χ0v) is 12.1. The van der Waals surface area contributed by atoms with Gasteiger partial charge in [0, 0.05) is 12.1 Å². The van der Waals surface area contributed by atoms with Crippen molar-refractivity contribution in [3.8, 4) is 0 Å². The maximum absolute atomic E-state index is 12.2. The molecule has 2 atom stereocenters. The number of carbonyl (C=O) groups is 1. The van der Waals surface area contributed by atoms with Crippen LogP contribution in [0.15, 0.2) is 65.7 Å². The van der Waals surface area contributed by atoms with Gasteiger partial charge in [0.1, 0.15) is 6.10 Å². The van der Waals surface area contributed by atoms with Crippen LogP contribution in [0.25, 0.3) is 0 Å². The molecule has 4 nitrogen and oxygen atoms in total. The van der Waals surface area contributed by atoms with Crippen molar-refractivity contribution in [3.63, 3.8) is 0 Å². The van der Waals surface area contributed by atoms with E-state index in [-0.39, 0.29) is 18.2 Å². The molecule has 2 heterocycles. The molecule has 1 fully saturated rings. The number of ether oxygens (including phenoxy) is 1. The van der Waals surface area contributed by atoms with Gasteiger partial charge in [-0.15, -0.1) is 0 Å². The summed E-state index contributed by atoms with van der Waals surface area (Å²) >= 11 is 0. The average molecular weight is 292 g/mol. The lowest BCUT2D eigenvalue weighted by molar-refractivity contribution is -0.129. The van der Waals surface area contributed by atoms with E-state index < -0.39 is 0 Å². The van der Waals surface area contributed by atoms with Crippen LogP contribution in [0, 0.1) is 0 Å². The minimum atomic E-state index is -0.206. The van der Waals surface area contributed by atoms with Crippen molar-refractivity contribution in [2.45, 2.75) is 25.2 Å². The van der Waals surface area contributed by atoms with Crippen LogP contribution < -0.4 is 0 Å². The number of benzene rings is 2. The molecule has 0 bridgehead atoms. The number of carbonyl (C=O) groups excluding carboxylic acids is 1. The summed E-state index contributed by atoms with van der Waals surface area (Å²) in [7, 11) is 0. The minimum Gasteiger partial charge on any atom is -0.469 e. The Labute approximate surface area is 129 Å². The van der Waals surface area contributed by atoms with Crippen molar-refractivity contribution in [2.24, 2.45) is 4.99 Å². The molecule has 0 aliphatic carbocycles.